The first-order chi connectivity index (χ1) is 11.2. The lowest BCUT2D eigenvalue weighted by Crippen LogP contribution is -2.34. The van der Waals surface area contributed by atoms with E-state index in [0.29, 0.717) is 17.9 Å². The van der Waals surface area contributed by atoms with Crippen molar-refractivity contribution in [2.45, 2.75) is 19.4 Å². The Labute approximate surface area is 136 Å². The number of anilines is 2. The van der Waals surface area contributed by atoms with Crippen LogP contribution in [0.3, 0.4) is 0 Å². The zero-order valence-electron chi connectivity index (χ0n) is 13.6. The summed E-state index contributed by atoms with van der Waals surface area (Å²) in [5, 5.41) is 6.13. The Morgan fingerprint density at radius 3 is 2.43 bits per heavy atom. The number of hydrogen-bond acceptors (Lipinski definition) is 4. The Morgan fingerprint density at radius 1 is 1.09 bits per heavy atom. The fourth-order valence-corrected chi connectivity index (χ4v) is 2.21. The van der Waals surface area contributed by atoms with Gasteiger partial charge in [0.2, 0.25) is 5.91 Å². The maximum atomic E-state index is 12.4. The molecule has 23 heavy (non-hydrogen) atoms. The number of benzene rings is 2. The fourth-order valence-electron chi connectivity index (χ4n) is 2.21. The summed E-state index contributed by atoms with van der Waals surface area (Å²) in [7, 11) is 3.19. The van der Waals surface area contributed by atoms with Crippen LogP contribution in [-0.4, -0.2) is 26.2 Å². The Balaban J connectivity index is 2.11. The van der Waals surface area contributed by atoms with Gasteiger partial charge in [-0.1, -0.05) is 25.1 Å². The second kappa shape index (κ2) is 8.08. The molecule has 0 heterocycles. The molecule has 0 bridgehead atoms. The van der Waals surface area contributed by atoms with Gasteiger partial charge < -0.3 is 20.1 Å². The molecule has 0 aliphatic heterocycles. The van der Waals surface area contributed by atoms with Crippen LogP contribution in [0.5, 0.6) is 11.5 Å². The van der Waals surface area contributed by atoms with Crippen LogP contribution in [0, 0.1) is 0 Å². The summed E-state index contributed by atoms with van der Waals surface area (Å²) in [6, 6.07) is 14.5. The minimum absolute atomic E-state index is 0.0865. The van der Waals surface area contributed by atoms with Gasteiger partial charge in [-0.3, -0.25) is 4.79 Å². The molecule has 1 atom stereocenters. The Morgan fingerprint density at radius 2 is 1.83 bits per heavy atom. The van der Waals surface area contributed by atoms with Crippen molar-refractivity contribution in [2.24, 2.45) is 0 Å². The number of rotatable bonds is 7. The fraction of sp³-hybridized carbons (Fsp3) is 0.278. The molecule has 0 saturated carbocycles. The molecule has 0 saturated heterocycles. The molecule has 1 amide bonds. The predicted molar refractivity (Wildman–Crippen MR) is 92.3 cm³/mol. The van der Waals surface area contributed by atoms with E-state index in [1.54, 1.807) is 20.3 Å². The van der Waals surface area contributed by atoms with Gasteiger partial charge in [-0.25, -0.2) is 0 Å². The SMILES string of the molecule is CC[C@@H](Nc1ccc(OC)cc1OC)C(=O)Nc1ccccc1. The quantitative estimate of drug-likeness (QED) is 0.821. The van der Waals surface area contributed by atoms with E-state index in [9.17, 15) is 4.79 Å². The van der Waals surface area contributed by atoms with Crippen molar-refractivity contribution in [3.63, 3.8) is 0 Å². The number of para-hydroxylation sites is 1. The highest BCUT2D eigenvalue weighted by molar-refractivity contribution is 5.96. The molecule has 122 valence electrons. The van der Waals surface area contributed by atoms with Crippen molar-refractivity contribution in [3.8, 4) is 11.5 Å². The Bertz CT molecular complexity index is 644. The molecule has 2 aromatic carbocycles. The van der Waals surface area contributed by atoms with Gasteiger partial charge in [0.25, 0.3) is 0 Å². The largest absolute Gasteiger partial charge is 0.497 e. The first-order valence-electron chi connectivity index (χ1n) is 7.52. The van der Waals surface area contributed by atoms with Gasteiger partial charge in [-0.15, -0.1) is 0 Å². The van der Waals surface area contributed by atoms with Crippen molar-refractivity contribution in [1.82, 2.24) is 0 Å². The zero-order valence-corrected chi connectivity index (χ0v) is 13.6. The number of hydrogen-bond donors (Lipinski definition) is 2. The number of carbonyl (C=O) groups excluding carboxylic acids is 1. The number of amides is 1. The molecule has 2 aromatic rings. The zero-order chi connectivity index (χ0) is 16.7. The monoisotopic (exact) mass is 314 g/mol. The lowest BCUT2D eigenvalue weighted by atomic mass is 10.1. The van der Waals surface area contributed by atoms with E-state index < -0.39 is 0 Å². The second-order valence-corrected chi connectivity index (χ2v) is 5.03. The van der Waals surface area contributed by atoms with Gasteiger partial charge >= 0.3 is 0 Å². The number of carbonyl (C=O) groups is 1. The first-order valence-corrected chi connectivity index (χ1v) is 7.52. The van der Waals surface area contributed by atoms with E-state index in [1.165, 1.54) is 0 Å². The molecule has 2 N–H and O–H groups in total. The van der Waals surface area contributed by atoms with Crippen LogP contribution in [0.4, 0.5) is 11.4 Å². The van der Waals surface area contributed by atoms with Crippen molar-refractivity contribution >= 4 is 17.3 Å². The van der Waals surface area contributed by atoms with Crippen LogP contribution in [0.15, 0.2) is 48.5 Å². The van der Waals surface area contributed by atoms with E-state index in [1.807, 2.05) is 49.4 Å². The van der Waals surface area contributed by atoms with Crippen LogP contribution in [-0.2, 0) is 4.79 Å². The van der Waals surface area contributed by atoms with Gasteiger partial charge in [0.05, 0.1) is 19.9 Å². The minimum Gasteiger partial charge on any atom is -0.497 e. The smallest absolute Gasteiger partial charge is 0.246 e. The molecule has 0 aliphatic rings. The molecule has 5 nitrogen and oxygen atoms in total. The maximum Gasteiger partial charge on any atom is 0.246 e. The molecule has 0 radical (unpaired) electrons. The summed E-state index contributed by atoms with van der Waals surface area (Å²) in [4.78, 5) is 12.4. The van der Waals surface area contributed by atoms with E-state index in [-0.39, 0.29) is 11.9 Å². The first kappa shape index (κ1) is 16.7. The van der Waals surface area contributed by atoms with Gasteiger partial charge in [0.15, 0.2) is 0 Å². The van der Waals surface area contributed by atoms with Crippen molar-refractivity contribution in [1.29, 1.82) is 0 Å². The number of methoxy groups -OCH3 is 2. The second-order valence-electron chi connectivity index (χ2n) is 5.03. The summed E-state index contributed by atoms with van der Waals surface area (Å²) in [5.41, 5.74) is 1.53. The normalized spacial score (nSPS) is 11.4. The minimum atomic E-state index is -0.363. The standard InChI is InChI=1S/C18H22N2O3/c1-4-15(18(21)19-13-8-6-5-7-9-13)20-16-11-10-14(22-2)12-17(16)23-3/h5-12,15,20H,4H2,1-3H3,(H,19,21)/t15-/m1/s1. The van der Waals surface area contributed by atoms with E-state index >= 15 is 0 Å². The lowest BCUT2D eigenvalue weighted by molar-refractivity contribution is -0.116. The van der Waals surface area contributed by atoms with Crippen LogP contribution < -0.4 is 20.1 Å². The third-order valence-electron chi connectivity index (χ3n) is 3.50. The van der Waals surface area contributed by atoms with Crippen LogP contribution in [0.2, 0.25) is 0 Å². The predicted octanol–water partition coefficient (Wildman–Crippen LogP) is 3.53. The van der Waals surface area contributed by atoms with Crippen LogP contribution >= 0.6 is 0 Å². The molecule has 2 rings (SSSR count). The van der Waals surface area contributed by atoms with Crippen LogP contribution in [0.25, 0.3) is 0 Å². The molecular formula is C18H22N2O3. The molecule has 0 aliphatic carbocycles. The summed E-state index contributed by atoms with van der Waals surface area (Å²) in [6.07, 6.45) is 0.647. The molecule has 0 aromatic heterocycles. The summed E-state index contributed by atoms with van der Waals surface area (Å²) in [6.45, 7) is 1.96. The summed E-state index contributed by atoms with van der Waals surface area (Å²) >= 11 is 0. The molecule has 0 unspecified atom stereocenters. The highest BCUT2D eigenvalue weighted by Crippen LogP contribution is 2.29. The van der Waals surface area contributed by atoms with Gasteiger partial charge in [0, 0.05) is 11.8 Å². The van der Waals surface area contributed by atoms with E-state index in [0.717, 1.165) is 11.4 Å². The van der Waals surface area contributed by atoms with Gasteiger partial charge in [-0.2, -0.15) is 0 Å². The van der Waals surface area contributed by atoms with Crippen LogP contribution in [0.1, 0.15) is 13.3 Å². The van der Waals surface area contributed by atoms with Crippen molar-refractivity contribution in [3.05, 3.63) is 48.5 Å². The maximum absolute atomic E-state index is 12.4. The van der Waals surface area contributed by atoms with Crippen molar-refractivity contribution in [2.75, 3.05) is 24.9 Å². The Kier molecular flexibility index (Phi) is 5.86. The van der Waals surface area contributed by atoms with Gasteiger partial charge in [0.1, 0.15) is 17.5 Å². The molecule has 0 fully saturated rings. The summed E-state index contributed by atoms with van der Waals surface area (Å²) in [5.74, 6) is 1.25. The third kappa shape index (κ3) is 4.39. The highest BCUT2D eigenvalue weighted by atomic mass is 16.5. The van der Waals surface area contributed by atoms with E-state index in [4.69, 9.17) is 9.47 Å². The third-order valence-corrected chi connectivity index (χ3v) is 3.50. The van der Waals surface area contributed by atoms with E-state index in [2.05, 4.69) is 10.6 Å². The average molecular weight is 314 g/mol. The molecule has 0 spiro atoms. The lowest BCUT2D eigenvalue weighted by Gasteiger charge is -2.20. The van der Waals surface area contributed by atoms with Crippen molar-refractivity contribution < 1.29 is 14.3 Å². The Hall–Kier alpha value is -2.69. The van der Waals surface area contributed by atoms with Gasteiger partial charge in [-0.05, 0) is 30.7 Å². The average Bonchev–Trinajstić information content (AvgIpc) is 2.60. The topological polar surface area (TPSA) is 59.6 Å². The number of nitrogens with one attached hydrogen (secondary N) is 2. The highest BCUT2D eigenvalue weighted by Gasteiger charge is 2.18. The molecular weight excluding hydrogens is 292 g/mol. The summed E-state index contributed by atoms with van der Waals surface area (Å²) < 4.78 is 10.5. The molecule has 5 heteroatoms. The number of ether oxygens (including phenoxy) is 2.